The van der Waals surface area contributed by atoms with Gasteiger partial charge in [-0.05, 0) is 25.7 Å². The SMILES string of the molecule is O=[N+]([O-])c1cc(N2C3CCC2COC3)nc(N2C3CCC2COC3)c1. The van der Waals surface area contributed by atoms with Crippen LogP contribution in [-0.2, 0) is 9.47 Å². The van der Waals surface area contributed by atoms with Gasteiger partial charge in [0.2, 0.25) is 0 Å². The normalized spacial score (nSPS) is 33.8. The fourth-order valence-corrected chi connectivity index (χ4v) is 4.86. The van der Waals surface area contributed by atoms with Gasteiger partial charge in [0.15, 0.2) is 0 Å². The van der Waals surface area contributed by atoms with Gasteiger partial charge in [-0.1, -0.05) is 0 Å². The lowest BCUT2D eigenvalue weighted by atomic mass is 10.2. The second-order valence-corrected chi connectivity index (χ2v) is 7.46. The van der Waals surface area contributed by atoms with E-state index >= 15 is 0 Å². The minimum absolute atomic E-state index is 0.122. The number of hydrogen-bond acceptors (Lipinski definition) is 7. The second-order valence-electron chi connectivity index (χ2n) is 7.46. The molecule has 4 aliphatic heterocycles. The molecule has 5 heterocycles. The van der Waals surface area contributed by atoms with Gasteiger partial charge in [0.25, 0.3) is 5.69 Å². The van der Waals surface area contributed by atoms with Gasteiger partial charge in [-0.25, -0.2) is 4.98 Å². The highest BCUT2D eigenvalue weighted by Gasteiger charge is 2.41. The number of nitro groups is 1. The minimum atomic E-state index is -0.306. The summed E-state index contributed by atoms with van der Waals surface area (Å²) >= 11 is 0. The van der Waals surface area contributed by atoms with Crippen molar-refractivity contribution in [3.8, 4) is 0 Å². The molecule has 5 rings (SSSR count). The minimum Gasteiger partial charge on any atom is -0.377 e. The van der Waals surface area contributed by atoms with Crippen molar-refractivity contribution in [2.75, 3.05) is 36.2 Å². The predicted octanol–water partition coefficient (Wildman–Crippen LogP) is 1.72. The van der Waals surface area contributed by atoms with E-state index in [0.29, 0.717) is 26.4 Å². The Hall–Kier alpha value is -1.93. The number of fused-ring (bicyclic) bond motifs is 4. The van der Waals surface area contributed by atoms with E-state index in [4.69, 9.17) is 14.5 Å². The van der Waals surface area contributed by atoms with E-state index in [1.54, 1.807) is 12.1 Å². The van der Waals surface area contributed by atoms with Crippen molar-refractivity contribution in [2.45, 2.75) is 49.9 Å². The lowest BCUT2D eigenvalue weighted by Gasteiger charge is -2.38. The van der Waals surface area contributed by atoms with Crippen molar-refractivity contribution in [2.24, 2.45) is 0 Å². The summed E-state index contributed by atoms with van der Waals surface area (Å²) in [5.41, 5.74) is 0.122. The molecule has 0 spiro atoms. The molecule has 1 aromatic rings. The number of pyridine rings is 1. The Kier molecular flexibility index (Phi) is 3.56. The Morgan fingerprint density at radius 3 is 1.64 bits per heavy atom. The van der Waals surface area contributed by atoms with Crippen molar-refractivity contribution in [3.05, 3.63) is 22.2 Å². The largest absolute Gasteiger partial charge is 0.377 e. The van der Waals surface area contributed by atoms with Gasteiger partial charge in [-0.2, -0.15) is 0 Å². The Labute approximate surface area is 145 Å². The van der Waals surface area contributed by atoms with Gasteiger partial charge < -0.3 is 19.3 Å². The maximum Gasteiger partial charge on any atom is 0.276 e. The molecule has 134 valence electrons. The highest BCUT2D eigenvalue weighted by atomic mass is 16.6. The van der Waals surface area contributed by atoms with E-state index in [-0.39, 0.29) is 34.8 Å². The maximum absolute atomic E-state index is 11.5. The molecule has 25 heavy (non-hydrogen) atoms. The van der Waals surface area contributed by atoms with Crippen LogP contribution >= 0.6 is 0 Å². The summed E-state index contributed by atoms with van der Waals surface area (Å²) in [7, 11) is 0. The van der Waals surface area contributed by atoms with E-state index in [1.165, 1.54) is 0 Å². The fourth-order valence-electron chi connectivity index (χ4n) is 4.86. The average Bonchev–Trinajstić information content (AvgIpc) is 3.02. The third kappa shape index (κ3) is 2.46. The first-order valence-electron chi connectivity index (χ1n) is 9.09. The monoisotopic (exact) mass is 346 g/mol. The molecular weight excluding hydrogens is 324 g/mol. The summed E-state index contributed by atoms with van der Waals surface area (Å²) in [6.07, 6.45) is 4.25. The maximum atomic E-state index is 11.5. The molecule has 1 aromatic heterocycles. The van der Waals surface area contributed by atoms with Crippen LogP contribution in [0.2, 0.25) is 0 Å². The summed E-state index contributed by atoms with van der Waals surface area (Å²) in [5.74, 6) is 1.46. The Balaban J connectivity index is 1.56. The first-order chi connectivity index (χ1) is 12.2. The zero-order valence-corrected chi connectivity index (χ0v) is 14.0. The van der Waals surface area contributed by atoms with Crippen LogP contribution in [0.15, 0.2) is 12.1 Å². The average molecular weight is 346 g/mol. The molecule has 0 amide bonds. The molecule has 0 radical (unpaired) electrons. The van der Waals surface area contributed by atoms with E-state index in [1.807, 2.05) is 0 Å². The van der Waals surface area contributed by atoms with Gasteiger partial charge in [0.1, 0.15) is 11.6 Å². The molecule has 0 aliphatic carbocycles. The van der Waals surface area contributed by atoms with Crippen LogP contribution in [0.4, 0.5) is 17.3 Å². The van der Waals surface area contributed by atoms with Crippen LogP contribution in [0, 0.1) is 10.1 Å². The third-order valence-electron chi connectivity index (χ3n) is 6.00. The molecule has 0 saturated carbocycles. The van der Waals surface area contributed by atoms with Crippen molar-refractivity contribution < 1.29 is 14.4 Å². The summed E-state index contributed by atoms with van der Waals surface area (Å²) in [5, 5.41) is 11.5. The Morgan fingerprint density at radius 2 is 1.28 bits per heavy atom. The number of hydrogen-bond donors (Lipinski definition) is 0. The number of rotatable bonds is 3. The van der Waals surface area contributed by atoms with Gasteiger partial charge in [0, 0.05) is 0 Å². The van der Waals surface area contributed by atoms with Crippen LogP contribution in [0.1, 0.15) is 25.7 Å². The number of anilines is 2. The molecule has 0 aromatic carbocycles. The Bertz CT molecular complexity index is 619. The standard InChI is InChI=1S/C17H22N4O4/c22-21(23)15-5-16(19-11-1-2-12(19)8-24-7-11)18-17(6-15)20-13-3-4-14(20)10-25-9-13/h5-6,11-14H,1-4,7-10H2. The summed E-state index contributed by atoms with van der Waals surface area (Å²) < 4.78 is 11.3. The summed E-state index contributed by atoms with van der Waals surface area (Å²) in [6.45, 7) is 2.72. The molecule has 4 bridgehead atoms. The van der Waals surface area contributed by atoms with Crippen LogP contribution in [-0.4, -0.2) is 60.5 Å². The topological polar surface area (TPSA) is 81.0 Å². The van der Waals surface area contributed by atoms with E-state index in [2.05, 4.69) is 9.80 Å². The van der Waals surface area contributed by atoms with Crippen molar-refractivity contribution in [1.29, 1.82) is 0 Å². The highest BCUT2D eigenvalue weighted by molar-refractivity contribution is 5.60. The van der Waals surface area contributed by atoms with Gasteiger partial charge in [-0.3, -0.25) is 10.1 Å². The van der Waals surface area contributed by atoms with Crippen LogP contribution in [0.3, 0.4) is 0 Å². The predicted molar refractivity (Wildman–Crippen MR) is 91.1 cm³/mol. The molecule has 4 saturated heterocycles. The van der Waals surface area contributed by atoms with E-state index in [0.717, 1.165) is 37.3 Å². The quantitative estimate of drug-likeness (QED) is 0.609. The highest BCUT2D eigenvalue weighted by Crippen LogP contribution is 2.39. The molecular formula is C17H22N4O4. The van der Waals surface area contributed by atoms with Gasteiger partial charge in [0.05, 0.1) is 67.7 Å². The zero-order chi connectivity index (χ0) is 17.0. The van der Waals surface area contributed by atoms with Crippen LogP contribution < -0.4 is 9.80 Å². The molecule has 4 aliphatic rings. The number of morpholine rings is 2. The molecule has 0 N–H and O–H groups in total. The zero-order valence-electron chi connectivity index (χ0n) is 14.0. The lowest BCUT2D eigenvalue weighted by molar-refractivity contribution is -0.384. The van der Waals surface area contributed by atoms with Gasteiger partial charge in [-0.15, -0.1) is 0 Å². The second kappa shape index (κ2) is 5.81. The van der Waals surface area contributed by atoms with Crippen molar-refractivity contribution in [1.82, 2.24) is 4.98 Å². The molecule has 8 nitrogen and oxygen atoms in total. The molecule has 8 heteroatoms. The van der Waals surface area contributed by atoms with E-state index < -0.39 is 0 Å². The van der Waals surface area contributed by atoms with Crippen molar-refractivity contribution >= 4 is 17.3 Å². The number of nitrogens with zero attached hydrogens (tertiary/aromatic N) is 4. The van der Waals surface area contributed by atoms with Gasteiger partial charge >= 0.3 is 0 Å². The molecule has 4 fully saturated rings. The van der Waals surface area contributed by atoms with Crippen LogP contribution in [0.25, 0.3) is 0 Å². The first kappa shape index (κ1) is 15.3. The molecule has 4 unspecified atom stereocenters. The Morgan fingerprint density at radius 1 is 0.880 bits per heavy atom. The third-order valence-corrected chi connectivity index (χ3v) is 6.00. The molecule has 4 atom stereocenters. The smallest absolute Gasteiger partial charge is 0.276 e. The number of ether oxygens (including phenoxy) is 2. The van der Waals surface area contributed by atoms with Crippen molar-refractivity contribution in [3.63, 3.8) is 0 Å². The summed E-state index contributed by atoms with van der Waals surface area (Å²) in [6, 6.07) is 4.38. The van der Waals surface area contributed by atoms with E-state index in [9.17, 15) is 10.1 Å². The fraction of sp³-hybridized carbons (Fsp3) is 0.706. The first-order valence-corrected chi connectivity index (χ1v) is 9.09. The van der Waals surface area contributed by atoms with Crippen LogP contribution in [0.5, 0.6) is 0 Å². The lowest BCUT2D eigenvalue weighted by Crippen LogP contribution is -2.48. The number of aromatic nitrogens is 1. The summed E-state index contributed by atoms with van der Waals surface area (Å²) in [4.78, 5) is 20.6.